The summed E-state index contributed by atoms with van der Waals surface area (Å²) in [5.74, 6) is 0.170. The molecule has 2 saturated heterocycles. The van der Waals surface area contributed by atoms with E-state index in [1.165, 1.54) is 0 Å². The maximum atomic E-state index is 11.9. The molecule has 2 rings (SSSR count). The summed E-state index contributed by atoms with van der Waals surface area (Å²) in [5.41, 5.74) is 0.793. The second-order valence-corrected chi connectivity index (χ2v) is 4.39. The van der Waals surface area contributed by atoms with Gasteiger partial charge in [0.05, 0.1) is 18.2 Å². The molecule has 0 radical (unpaired) electrons. The van der Waals surface area contributed by atoms with E-state index in [0.29, 0.717) is 32.4 Å². The van der Waals surface area contributed by atoms with Gasteiger partial charge in [-0.3, -0.25) is 4.79 Å². The first-order valence-corrected chi connectivity index (χ1v) is 5.89. The van der Waals surface area contributed by atoms with Gasteiger partial charge in [-0.15, -0.1) is 0 Å². The van der Waals surface area contributed by atoms with E-state index in [4.69, 9.17) is 9.94 Å². The fourth-order valence-electron chi connectivity index (χ4n) is 2.24. The van der Waals surface area contributed by atoms with Gasteiger partial charge < -0.3 is 14.8 Å². The number of likely N-dealkylation sites (tertiary alicyclic amines) is 1. The Bertz CT molecular complexity index is 275. The van der Waals surface area contributed by atoms with Crippen molar-refractivity contribution in [3.8, 4) is 0 Å². The molecule has 1 unspecified atom stereocenters. The van der Waals surface area contributed by atoms with Gasteiger partial charge >= 0.3 is 0 Å². The molecular formula is C11H18N2O3. The molecule has 0 aromatic rings. The van der Waals surface area contributed by atoms with Crippen LogP contribution in [-0.2, 0) is 9.53 Å². The van der Waals surface area contributed by atoms with E-state index in [2.05, 4.69) is 5.16 Å². The van der Waals surface area contributed by atoms with Crippen molar-refractivity contribution in [2.75, 3.05) is 19.7 Å². The number of hydrogen-bond acceptors (Lipinski definition) is 4. The first-order chi connectivity index (χ1) is 7.79. The molecule has 90 valence electrons. The van der Waals surface area contributed by atoms with Crippen LogP contribution in [0.4, 0.5) is 0 Å². The Hall–Kier alpha value is -1.10. The van der Waals surface area contributed by atoms with Crippen molar-refractivity contribution < 1.29 is 14.7 Å². The van der Waals surface area contributed by atoms with Crippen molar-refractivity contribution >= 4 is 11.6 Å². The number of ether oxygens (including phenoxy) is 1. The summed E-state index contributed by atoms with van der Waals surface area (Å²) in [6, 6.07) is 0. The second-order valence-electron chi connectivity index (χ2n) is 4.39. The van der Waals surface area contributed by atoms with Crippen molar-refractivity contribution in [3.63, 3.8) is 0 Å². The van der Waals surface area contributed by atoms with E-state index >= 15 is 0 Å². The topological polar surface area (TPSA) is 62.1 Å². The van der Waals surface area contributed by atoms with E-state index in [1.807, 2.05) is 4.90 Å². The van der Waals surface area contributed by atoms with E-state index in [1.54, 1.807) is 0 Å². The largest absolute Gasteiger partial charge is 0.411 e. The minimum absolute atomic E-state index is 0.125. The number of rotatable bonds is 2. The summed E-state index contributed by atoms with van der Waals surface area (Å²) in [5, 5.41) is 11.8. The van der Waals surface area contributed by atoms with Gasteiger partial charge in [-0.2, -0.15) is 0 Å². The SMILES string of the molecule is O=C(CC1CCCO1)N1CCC(=NO)CC1. The van der Waals surface area contributed by atoms with Gasteiger partial charge in [0.2, 0.25) is 5.91 Å². The van der Waals surface area contributed by atoms with Crippen molar-refractivity contribution in [2.45, 2.75) is 38.2 Å². The minimum atomic E-state index is 0.125. The molecule has 2 fully saturated rings. The van der Waals surface area contributed by atoms with Crippen LogP contribution in [0.3, 0.4) is 0 Å². The maximum absolute atomic E-state index is 11.9. The zero-order valence-electron chi connectivity index (χ0n) is 9.39. The van der Waals surface area contributed by atoms with Crippen LogP contribution in [-0.4, -0.2) is 47.5 Å². The van der Waals surface area contributed by atoms with Gasteiger partial charge in [-0.05, 0) is 12.8 Å². The molecule has 5 nitrogen and oxygen atoms in total. The lowest BCUT2D eigenvalue weighted by molar-refractivity contribution is -0.133. The lowest BCUT2D eigenvalue weighted by Gasteiger charge is -2.28. The van der Waals surface area contributed by atoms with Crippen LogP contribution in [0.5, 0.6) is 0 Å². The Morgan fingerprint density at radius 3 is 2.81 bits per heavy atom. The molecule has 2 heterocycles. The third kappa shape index (κ3) is 2.72. The molecule has 0 spiro atoms. The third-order valence-corrected chi connectivity index (χ3v) is 3.26. The average Bonchev–Trinajstić information content (AvgIpc) is 2.82. The summed E-state index contributed by atoms with van der Waals surface area (Å²) in [7, 11) is 0. The molecule has 1 N–H and O–H groups in total. The van der Waals surface area contributed by atoms with E-state index in [0.717, 1.165) is 25.2 Å². The van der Waals surface area contributed by atoms with Crippen LogP contribution in [0, 0.1) is 0 Å². The predicted octanol–water partition coefficient (Wildman–Crippen LogP) is 1.01. The summed E-state index contributed by atoms with van der Waals surface area (Å²) in [4.78, 5) is 13.7. The number of oxime groups is 1. The van der Waals surface area contributed by atoms with E-state index < -0.39 is 0 Å². The van der Waals surface area contributed by atoms with E-state index in [9.17, 15) is 4.79 Å². The Morgan fingerprint density at radius 2 is 2.25 bits per heavy atom. The fraction of sp³-hybridized carbons (Fsp3) is 0.818. The van der Waals surface area contributed by atoms with Crippen LogP contribution >= 0.6 is 0 Å². The highest BCUT2D eigenvalue weighted by Gasteiger charge is 2.24. The molecule has 2 aliphatic heterocycles. The molecule has 1 amide bonds. The van der Waals surface area contributed by atoms with Gasteiger partial charge in [0.1, 0.15) is 0 Å². The zero-order valence-corrected chi connectivity index (χ0v) is 9.39. The number of piperidine rings is 1. The second kappa shape index (κ2) is 5.30. The highest BCUT2D eigenvalue weighted by Crippen LogP contribution is 2.17. The van der Waals surface area contributed by atoms with Gasteiger partial charge in [0.15, 0.2) is 0 Å². The standard InChI is InChI=1S/C11H18N2O3/c14-11(8-10-2-1-7-16-10)13-5-3-9(12-15)4-6-13/h10,15H,1-8H2. The van der Waals surface area contributed by atoms with Gasteiger partial charge in [-0.25, -0.2) is 0 Å². The molecule has 0 saturated carbocycles. The highest BCUT2D eigenvalue weighted by molar-refractivity contribution is 5.87. The van der Waals surface area contributed by atoms with Crippen LogP contribution < -0.4 is 0 Å². The van der Waals surface area contributed by atoms with Crippen molar-refractivity contribution in [2.24, 2.45) is 5.16 Å². The summed E-state index contributed by atoms with van der Waals surface area (Å²) >= 11 is 0. The quantitative estimate of drug-likeness (QED) is 0.564. The van der Waals surface area contributed by atoms with Crippen molar-refractivity contribution in [1.29, 1.82) is 0 Å². The Kier molecular flexibility index (Phi) is 3.77. The average molecular weight is 226 g/mol. The van der Waals surface area contributed by atoms with Crippen molar-refractivity contribution in [3.05, 3.63) is 0 Å². The molecule has 2 aliphatic rings. The third-order valence-electron chi connectivity index (χ3n) is 3.26. The molecule has 0 aromatic heterocycles. The molecule has 1 atom stereocenters. The van der Waals surface area contributed by atoms with Gasteiger partial charge in [-0.1, -0.05) is 5.16 Å². The molecule has 5 heteroatoms. The Balaban J connectivity index is 1.77. The predicted molar refractivity (Wildman–Crippen MR) is 58.6 cm³/mol. The lowest BCUT2D eigenvalue weighted by atomic mass is 10.1. The fourth-order valence-corrected chi connectivity index (χ4v) is 2.24. The minimum Gasteiger partial charge on any atom is -0.411 e. The number of amides is 1. The normalized spacial score (nSPS) is 25.9. The van der Waals surface area contributed by atoms with Crippen molar-refractivity contribution in [1.82, 2.24) is 4.90 Å². The molecule has 0 aliphatic carbocycles. The molecule has 0 bridgehead atoms. The summed E-state index contributed by atoms with van der Waals surface area (Å²) in [6.45, 7) is 2.13. The smallest absolute Gasteiger partial charge is 0.225 e. The monoisotopic (exact) mass is 226 g/mol. The number of carbonyl (C=O) groups is 1. The lowest BCUT2D eigenvalue weighted by Crippen LogP contribution is -2.39. The zero-order chi connectivity index (χ0) is 11.4. The van der Waals surface area contributed by atoms with Gasteiger partial charge in [0.25, 0.3) is 0 Å². The van der Waals surface area contributed by atoms with Crippen LogP contribution in [0.15, 0.2) is 5.16 Å². The molecular weight excluding hydrogens is 208 g/mol. The van der Waals surface area contributed by atoms with E-state index in [-0.39, 0.29) is 12.0 Å². The van der Waals surface area contributed by atoms with Crippen LogP contribution in [0.2, 0.25) is 0 Å². The maximum Gasteiger partial charge on any atom is 0.225 e. The molecule has 16 heavy (non-hydrogen) atoms. The molecule has 0 aromatic carbocycles. The van der Waals surface area contributed by atoms with Crippen LogP contribution in [0.25, 0.3) is 0 Å². The highest BCUT2D eigenvalue weighted by atomic mass is 16.5. The van der Waals surface area contributed by atoms with Crippen LogP contribution in [0.1, 0.15) is 32.1 Å². The number of carbonyl (C=O) groups excluding carboxylic acids is 1. The first-order valence-electron chi connectivity index (χ1n) is 5.89. The summed E-state index contributed by atoms with van der Waals surface area (Å²) < 4.78 is 5.45. The Labute approximate surface area is 95.1 Å². The first kappa shape index (κ1) is 11.4. The Morgan fingerprint density at radius 1 is 1.50 bits per heavy atom. The summed E-state index contributed by atoms with van der Waals surface area (Å²) in [6.07, 6.45) is 4.08. The van der Waals surface area contributed by atoms with Gasteiger partial charge in [0, 0.05) is 32.5 Å². The number of nitrogens with zero attached hydrogens (tertiary/aromatic N) is 2. The number of hydrogen-bond donors (Lipinski definition) is 1.